The van der Waals surface area contributed by atoms with Crippen molar-refractivity contribution in [1.82, 2.24) is 10.3 Å². The number of pyridine rings is 1. The summed E-state index contributed by atoms with van der Waals surface area (Å²) in [6, 6.07) is 10.8. The van der Waals surface area contributed by atoms with Crippen LogP contribution < -0.4 is 16.0 Å². The highest BCUT2D eigenvalue weighted by Gasteiger charge is 2.09. The molecule has 3 N–H and O–H groups in total. The number of benzene rings is 1. The van der Waals surface area contributed by atoms with Crippen molar-refractivity contribution >= 4 is 28.9 Å². The molecule has 0 spiro atoms. The van der Waals surface area contributed by atoms with Gasteiger partial charge in [-0.3, -0.25) is 14.6 Å². The Morgan fingerprint density at radius 3 is 2.26 bits per heavy atom. The van der Waals surface area contributed by atoms with Gasteiger partial charge in [-0.25, -0.2) is 0 Å². The molecule has 0 aliphatic carbocycles. The van der Waals surface area contributed by atoms with E-state index in [1.165, 1.54) is 6.92 Å². The third-order valence-electron chi connectivity index (χ3n) is 2.91. The van der Waals surface area contributed by atoms with Crippen LogP contribution in [-0.4, -0.2) is 22.8 Å². The average molecular weight is 312 g/mol. The quantitative estimate of drug-likeness (QED) is 0.792. The van der Waals surface area contributed by atoms with Gasteiger partial charge in [-0.15, -0.1) is 0 Å². The maximum atomic E-state index is 12.0. The third-order valence-corrected chi connectivity index (χ3v) is 2.91. The van der Waals surface area contributed by atoms with E-state index in [-0.39, 0.29) is 17.9 Å². The number of rotatable bonds is 5. The van der Waals surface area contributed by atoms with Crippen LogP contribution >= 0.6 is 0 Å². The van der Waals surface area contributed by atoms with Gasteiger partial charge in [-0.2, -0.15) is 0 Å². The molecule has 6 nitrogen and oxygen atoms in total. The third kappa shape index (κ3) is 5.10. The summed E-state index contributed by atoms with van der Waals surface area (Å²) in [4.78, 5) is 27.0. The van der Waals surface area contributed by atoms with Gasteiger partial charge in [0.15, 0.2) is 0 Å². The summed E-state index contributed by atoms with van der Waals surface area (Å²) < 4.78 is 0. The molecule has 1 heterocycles. The van der Waals surface area contributed by atoms with Crippen LogP contribution in [0.3, 0.4) is 0 Å². The van der Waals surface area contributed by atoms with E-state index in [1.807, 2.05) is 26.0 Å². The first-order chi connectivity index (χ1) is 10.9. The van der Waals surface area contributed by atoms with Crippen LogP contribution in [0.4, 0.5) is 17.1 Å². The maximum Gasteiger partial charge on any atom is 0.270 e. The molecule has 0 atom stereocenters. The van der Waals surface area contributed by atoms with Crippen molar-refractivity contribution in [3.05, 3.63) is 48.3 Å². The molecule has 6 heteroatoms. The van der Waals surface area contributed by atoms with E-state index in [1.54, 1.807) is 30.5 Å². The summed E-state index contributed by atoms with van der Waals surface area (Å²) in [6.45, 7) is 5.26. The first kappa shape index (κ1) is 16.5. The number of hydrogen-bond acceptors (Lipinski definition) is 4. The Bertz CT molecular complexity index is 696. The lowest BCUT2D eigenvalue weighted by Crippen LogP contribution is -2.30. The molecular weight excluding hydrogens is 292 g/mol. The summed E-state index contributed by atoms with van der Waals surface area (Å²) in [7, 11) is 0. The van der Waals surface area contributed by atoms with Crippen LogP contribution in [0.25, 0.3) is 0 Å². The monoisotopic (exact) mass is 312 g/mol. The van der Waals surface area contributed by atoms with Crippen molar-refractivity contribution in [2.45, 2.75) is 26.8 Å². The van der Waals surface area contributed by atoms with Crippen molar-refractivity contribution in [2.75, 3.05) is 10.6 Å². The number of carbonyl (C=O) groups excluding carboxylic acids is 2. The summed E-state index contributed by atoms with van der Waals surface area (Å²) in [5.41, 5.74) is 2.70. The standard InChI is InChI=1S/C17H20N4O2/c1-11(2)19-17(23)16-10-15(8-9-18-16)21-14-6-4-13(5-7-14)20-12(3)22/h4-11H,1-3H3,(H,18,21)(H,19,23)(H,20,22). The minimum absolute atomic E-state index is 0.0576. The largest absolute Gasteiger partial charge is 0.355 e. The van der Waals surface area contributed by atoms with Gasteiger partial charge in [0.05, 0.1) is 0 Å². The summed E-state index contributed by atoms with van der Waals surface area (Å²) >= 11 is 0. The molecule has 1 aromatic heterocycles. The molecule has 2 rings (SSSR count). The number of amides is 2. The van der Waals surface area contributed by atoms with Crippen LogP contribution in [0.2, 0.25) is 0 Å². The van der Waals surface area contributed by atoms with E-state index >= 15 is 0 Å². The number of carbonyl (C=O) groups is 2. The average Bonchev–Trinajstić information content (AvgIpc) is 2.48. The topological polar surface area (TPSA) is 83.1 Å². The Kier molecular flexibility index (Phi) is 5.30. The number of hydrogen-bond donors (Lipinski definition) is 3. The fourth-order valence-corrected chi connectivity index (χ4v) is 1.98. The van der Waals surface area contributed by atoms with Crippen molar-refractivity contribution < 1.29 is 9.59 Å². The minimum Gasteiger partial charge on any atom is -0.355 e. The molecule has 1 aromatic carbocycles. The Balaban J connectivity index is 2.08. The first-order valence-electron chi connectivity index (χ1n) is 7.35. The summed E-state index contributed by atoms with van der Waals surface area (Å²) in [5.74, 6) is -0.315. The van der Waals surface area contributed by atoms with E-state index in [4.69, 9.17) is 0 Å². The second-order valence-corrected chi connectivity index (χ2v) is 5.44. The van der Waals surface area contributed by atoms with Gasteiger partial charge < -0.3 is 16.0 Å². The van der Waals surface area contributed by atoms with Crippen molar-refractivity contribution in [3.8, 4) is 0 Å². The van der Waals surface area contributed by atoms with Gasteiger partial charge in [-0.1, -0.05) is 0 Å². The molecule has 0 aliphatic heterocycles. The van der Waals surface area contributed by atoms with E-state index in [0.717, 1.165) is 17.1 Å². The molecule has 2 amide bonds. The minimum atomic E-state index is -0.204. The normalized spacial score (nSPS) is 10.3. The molecule has 23 heavy (non-hydrogen) atoms. The molecule has 0 saturated carbocycles. The van der Waals surface area contributed by atoms with E-state index in [9.17, 15) is 9.59 Å². The highest BCUT2D eigenvalue weighted by atomic mass is 16.2. The number of nitrogens with one attached hydrogen (secondary N) is 3. The molecule has 0 aliphatic rings. The fraction of sp³-hybridized carbons (Fsp3) is 0.235. The number of anilines is 3. The zero-order valence-electron chi connectivity index (χ0n) is 13.4. The van der Waals surface area contributed by atoms with Crippen molar-refractivity contribution in [1.29, 1.82) is 0 Å². The van der Waals surface area contributed by atoms with Gasteiger partial charge in [0.2, 0.25) is 5.91 Å². The lowest BCUT2D eigenvalue weighted by molar-refractivity contribution is -0.114. The van der Waals surface area contributed by atoms with E-state index in [2.05, 4.69) is 20.9 Å². The summed E-state index contributed by atoms with van der Waals surface area (Å²) in [6.07, 6.45) is 1.59. The molecule has 2 aromatic rings. The van der Waals surface area contributed by atoms with E-state index in [0.29, 0.717) is 5.69 Å². The maximum absolute atomic E-state index is 12.0. The second-order valence-electron chi connectivity index (χ2n) is 5.44. The molecule has 120 valence electrons. The van der Waals surface area contributed by atoms with Crippen LogP contribution in [0.1, 0.15) is 31.3 Å². The molecule has 0 bridgehead atoms. The van der Waals surface area contributed by atoms with Crippen molar-refractivity contribution in [2.24, 2.45) is 0 Å². The Morgan fingerprint density at radius 2 is 1.65 bits per heavy atom. The van der Waals surface area contributed by atoms with Crippen LogP contribution in [-0.2, 0) is 4.79 Å². The predicted octanol–water partition coefficient (Wildman–Crippen LogP) is 2.92. The lowest BCUT2D eigenvalue weighted by atomic mass is 10.2. The molecule has 0 saturated heterocycles. The predicted molar refractivity (Wildman–Crippen MR) is 90.9 cm³/mol. The first-order valence-corrected chi connectivity index (χ1v) is 7.35. The van der Waals surface area contributed by atoms with Gasteiger partial charge in [0.1, 0.15) is 5.69 Å². The Labute approximate surface area is 135 Å². The van der Waals surface area contributed by atoms with Crippen LogP contribution in [0.15, 0.2) is 42.6 Å². The smallest absolute Gasteiger partial charge is 0.270 e. The summed E-state index contributed by atoms with van der Waals surface area (Å²) in [5, 5.41) is 8.72. The van der Waals surface area contributed by atoms with E-state index < -0.39 is 0 Å². The highest BCUT2D eigenvalue weighted by Crippen LogP contribution is 2.19. The highest BCUT2D eigenvalue weighted by molar-refractivity contribution is 5.93. The van der Waals surface area contributed by atoms with Crippen LogP contribution in [0, 0.1) is 0 Å². The molecule has 0 unspecified atom stereocenters. The van der Waals surface area contributed by atoms with Gasteiger partial charge in [0.25, 0.3) is 5.91 Å². The van der Waals surface area contributed by atoms with Crippen LogP contribution in [0.5, 0.6) is 0 Å². The molecular formula is C17H20N4O2. The molecule has 0 radical (unpaired) electrons. The van der Waals surface area contributed by atoms with Gasteiger partial charge in [-0.05, 0) is 50.2 Å². The zero-order valence-corrected chi connectivity index (χ0v) is 13.4. The Morgan fingerprint density at radius 1 is 1.00 bits per heavy atom. The number of nitrogens with zero attached hydrogens (tertiary/aromatic N) is 1. The van der Waals surface area contributed by atoms with Gasteiger partial charge >= 0.3 is 0 Å². The number of aromatic nitrogens is 1. The Hall–Kier alpha value is -2.89. The van der Waals surface area contributed by atoms with Gasteiger partial charge in [0, 0.05) is 36.2 Å². The lowest BCUT2D eigenvalue weighted by Gasteiger charge is -2.10. The second kappa shape index (κ2) is 7.40. The fourth-order valence-electron chi connectivity index (χ4n) is 1.98. The zero-order chi connectivity index (χ0) is 16.8. The van der Waals surface area contributed by atoms with Crippen molar-refractivity contribution in [3.63, 3.8) is 0 Å². The molecule has 0 fully saturated rings. The SMILES string of the molecule is CC(=O)Nc1ccc(Nc2ccnc(C(=O)NC(C)C)c2)cc1.